The van der Waals surface area contributed by atoms with Crippen LogP contribution in [0.15, 0.2) is 24.3 Å². The summed E-state index contributed by atoms with van der Waals surface area (Å²) in [6.07, 6.45) is 1.83. The van der Waals surface area contributed by atoms with Crippen molar-refractivity contribution in [1.82, 2.24) is 10.2 Å². The Kier molecular flexibility index (Phi) is 6.41. The van der Waals surface area contributed by atoms with Gasteiger partial charge in [-0.25, -0.2) is 0 Å². The number of anilines is 2. The molecule has 0 saturated carbocycles. The number of aryl methyl sites for hydroxylation is 2. The van der Waals surface area contributed by atoms with Crippen molar-refractivity contribution < 1.29 is 4.79 Å². The summed E-state index contributed by atoms with van der Waals surface area (Å²) in [5.74, 6) is -0.0675. The zero-order valence-corrected chi connectivity index (χ0v) is 12.8. The zero-order chi connectivity index (χ0) is 13.7. The number of nitrogens with two attached hydrogens (primary N) is 1. The number of halogens is 1. The molecule has 0 atom stereocenters. The Labute approximate surface area is 128 Å². The number of hydrogen-bond acceptors (Lipinski definition) is 5. The number of rotatable bonds is 5. The summed E-state index contributed by atoms with van der Waals surface area (Å²) in [5.41, 5.74) is 7.54. The first-order valence-corrected chi connectivity index (χ1v) is 6.96. The third-order valence-electron chi connectivity index (χ3n) is 2.69. The minimum absolute atomic E-state index is 0. The number of carbonyl (C=O) groups is 1. The highest BCUT2D eigenvalue weighted by Gasteiger charge is 2.08. The molecule has 1 amide bonds. The van der Waals surface area contributed by atoms with E-state index in [4.69, 9.17) is 5.73 Å². The smallest absolute Gasteiger partial charge is 0.226 e. The van der Waals surface area contributed by atoms with E-state index in [9.17, 15) is 4.79 Å². The van der Waals surface area contributed by atoms with Crippen LogP contribution in [0.4, 0.5) is 10.8 Å². The van der Waals surface area contributed by atoms with E-state index in [0.29, 0.717) is 18.0 Å². The van der Waals surface area contributed by atoms with E-state index < -0.39 is 0 Å². The molecule has 0 aliphatic rings. The van der Waals surface area contributed by atoms with Crippen molar-refractivity contribution in [3.63, 3.8) is 0 Å². The highest BCUT2D eigenvalue weighted by atomic mass is 35.5. The van der Waals surface area contributed by atoms with E-state index in [2.05, 4.69) is 15.5 Å². The summed E-state index contributed by atoms with van der Waals surface area (Å²) in [6, 6.07) is 7.57. The van der Waals surface area contributed by atoms with Gasteiger partial charge in [0.05, 0.1) is 0 Å². The second kappa shape index (κ2) is 7.81. The third kappa shape index (κ3) is 4.47. The number of nitrogens with one attached hydrogen (secondary N) is 1. The molecule has 1 heterocycles. The molecule has 108 valence electrons. The van der Waals surface area contributed by atoms with Crippen molar-refractivity contribution in [1.29, 1.82) is 0 Å². The van der Waals surface area contributed by atoms with E-state index in [1.807, 2.05) is 31.2 Å². The summed E-state index contributed by atoms with van der Waals surface area (Å²) >= 11 is 1.41. The van der Waals surface area contributed by atoms with Gasteiger partial charge in [0.1, 0.15) is 5.01 Å². The van der Waals surface area contributed by atoms with Crippen LogP contribution in [0.2, 0.25) is 0 Å². The molecule has 3 N–H and O–H groups in total. The molecule has 2 aromatic rings. The van der Waals surface area contributed by atoms with Crippen LogP contribution in [0.1, 0.15) is 23.9 Å². The second-order valence-corrected chi connectivity index (χ2v) is 5.16. The fourth-order valence-corrected chi connectivity index (χ4v) is 2.33. The Morgan fingerprint density at radius 3 is 2.75 bits per heavy atom. The van der Waals surface area contributed by atoms with E-state index >= 15 is 0 Å². The summed E-state index contributed by atoms with van der Waals surface area (Å²) in [7, 11) is 0. The van der Waals surface area contributed by atoms with Gasteiger partial charge in [-0.3, -0.25) is 4.79 Å². The van der Waals surface area contributed by atoms with Crippen LogP contribution in [-0.4, -0.2) is 16.1 Å². The van der Waals surface area contributed by atoms with Gasteiger partial charge in [-0.2, -0.15) is 0 Å². The largest absolute Gasteiger partial charge is 0.399 e. The van der Waals surface area contributed by atoms with Gasteiger partial charge in [-0.15, -0.1) is 22.6 Å². The molecular weight excluding hydrogens is 296 g/mol. The number of nitrogens with zero attached hydrogens (tertiary/aromatic N) is 2. The van der Waals surface area contributed by atoms with Crippen molar-refractivity contribution in [3.8, 4) is 0 Å². The van der Waals surface area contributed by atoms with Gasteiger partial charge in [0.2, 0.25) is 11.0 Å². The standard InChI is InChI=1S/C13H16N4OS.ClH/c1-2-12-16-17-13(19-12)15-11(18)8-7-9-5-3-4-6-10(9)14;/h3-6H,2,7-8,14H2,1H3,(H,15,17,18);1H. The highest BCUT2D eigenvalue weighted by molar-refractivity contribution is 7.15. The van der Waals surface area contributed by atoms with Crippen LogP contribution >= 0.6 is 23.7 Å². The van der Waals surface area contributed by atoms with E-state index in [1.54, 1.807) is 0 Å². The number of hydrogen-bond donors (Lipinski definition) is 2. The Morgan fingerprint density at radius 2 is 2.10 bits per heavy atom. The van der Waals surface area contributed by atoms with Crippen molar-refractivity contribution in [2.24, 2.45) is 0 Å². The number of nitrogen functional groups attached to an aromatic ring is 1. The van der Waals surface area contributed by atoms with E-state index in [-0.39, 0.29) is 18.3 Å². The number of carbonyl (C=O) groups excluding carboxylic acids is 1. The first-order valence-electron chi connectivity index (χ1n) is 6.14. The Morgan fingerprint density at radius 1 is 1.35 bits per heavy atom. The molecule has 2 rings (SSSR count). The second-order valence-electron chi connectivity index (χ2n) is 4.10. The molecule has 0 aliphatic heterocycles. The number of para-hydroxylation sites is 1. The van der Waals surface area contributed by atoms with Crippen LogP contribution < -0.4 is 11.1 Å². The monoisotopic (exact) mass is 312 g/mol. The molecular formula is C13H17ClN4OS. The lowest BCUT2D eigenvalue weighted by Gasteiger charge is -2.04. The molecule has 5 nitrogen and oxygen atoms in total. The van der Waals surface area contributed by atoms with Crippen LogP contribution in [0.3, 0.4) is 0 Å². The number of amides is 1. The molecule has 1 aromatic carbocycles. The molecule has 20 heavy (non-hydrogen) atoms. The first-order chi connectivity index (χ1) is 9.19. The minimum atomic E-state index is -0.0675. The highest BCUT2D eigenvalue weighted by Crippen LogP contribution is 2.17. The van der Waals surface area contributed by atoms with Crippen LogP contribution in [-0.2, 0) is 17.6 Å². The normalized spacial score (nSPS) is 9.85. The summed E-state index contributed by atoms with van der Waals surface area (Å²) in [5, 5.41) is 12.1. The van der Waals surface area contributed by atoms with Crippen LogP contribution in [0, 0.1) is 0 Å². The Hall–Kier alpha value is -1.66. The van der Waals surface area contributed by atoms with Gasteiger partial charge in [0.25, 0.3) is 0 Å². The molecule has 0 radical (unpaired) electrons. The molecule has 0 saturated heterocycles. The zero-order valence-electron chi connectivity index (χ0n) is 11.1. The Bertz CT molecular complexity index is 573. The maximum absolute atomic E-state index is 11.8. The lowest BCUT2D eigenvalue weighted by Crippen LogP contribution is -2.12. The van der Waals surface area contributed by atoms with Gasteiger partial charge in [0.15, 0.2) is 0 Å². The minimum Gasteiger partial charge on any atom is -0.399 e. The number of aromatic nitrogens is 2. The average molecular weight is 313 g/mol. The van der Waals surface area contributed by atoms with Crippen molar-refractivity contribution in [2.45, 2.75) is 26.2 Å². The summed E-state index contributed by atoms with van der Waals surface area (Å²) in [6.45, 7) is 2.00. The maximum Gasteiger partial charge on any atom is 0.226 e. The van der Waals surface area contributed by atoms with E-state index in [0.717, 1.165) is 22.7 Å². The van der Waals surface area contributed by atoms with Crippen LogP contribution in [0.5, 0.6) is 0 Å². The summed E-state index contributed by atoms with van der Waals surface area (Å²) in [4.78, 5) is 11.8. The van der Waals surface area contributed by atoms with Crippen molar-refractivity contribution >= 4 is 40.5 Å². The van der Waals surface area contributed by atoms with Crippen molar-refractivity contribution in [2.75, 3.05) is 11.1 Å². The summed E-state index contributed by atoms with van der Waals surface area (Å²) < 4.78 is 0. The SMILES string of the molecule is CCc1nnc(NC(=O)CCc2ccccc2N)s1.Cl. The third-order valence-corrected chi connectivity index (χ3v) is 3.68. The lowest BCUT2D eigenvalue weighted by molar-refractivity contribution is -0.116. The molecule has 0 aliphatic carbocycles. The predicted molar refractivity (Wildman–Crippen MR) is 84.3 cm³/mol. The fourth-order valence-electron chi connectivity index (χ4n) is 1.64. The molecule has 0 fully saturated rings. The van der Waals surface area contributed by atoms with Gasteiger partial charge < -0.3 is 11.1 Å². The van der Waals surface area contributed by atoms with Gasteiger partial charge in [-0.05, 0) is 24.5 Å². The van der Waals surface area contributed by atoms with Crippen LogP contribution in [0.25, 0.3) is 0 Å². The molecule has 0 bridgehead atoms. The van der Waals surface area contributed by atoms with Crippen molar-refractivity contribution in [3.05, 3.63) is 34.8 Å². The molecule has 0 spiro atoms. The molecule has 0 unspecified atom stereocenters. The average Bonchev–Trinajstić information content (AvgIpc) is 2.85. The maximum atomic E-state index is 11.8. The van der Waals surface area contributed by atoms with Gasteiger partial charge in [0, 0.05) is 12.1 Å². The van der Waals surface area contributed by atoms with Gasteiger partial charge in [-0.1, -0.05) is 36.5 Å². The number of benzene rings is 1. The lowest BCUT2D eigenvalue weighted by atomic mass is 10.1. The predicted octanol–water partition coefficient (Wildman–Crippen LogP) is 2.68. The topological polar surface area (TPSA) is 80.9 Å². The first kappa shape index (κ1) is 16.4. The molecule has 1 aromatic heterocycles. The van der Waals surface area contributed by atoms with E-state index in [1.165, 1.54) is 11.3 Å². The fraction of sp³-hybridized carbons (Fsp3) is 0.308. The quantitative estimate of drug-likeness (QED) is 0.832. The van der Waals surface area contributed by atoms with Gasteiger partial charge >= 0.3 is 0 Å². The Balaban J connectivity index is 0.00000200. The molecule has 7 heteroatoms.